The van der Waals surface area contributed by atoms with Crippen molar-refractivity contribution in [3.63, 3.8) is 0 Å². The van der Waals surface area contributed by atoms with Crippen molar-refractivity contribution in [2.75, 3.05) is 14.1 Å². The summed E-state index contributed by atoms with van der Waals surface area (Å²) in [7, 11) is 3.28. The molecule has 3 aromatic heterocycles. The fourth-order valence-electron chi connectivity index (χ4n) is 3.46. The maximum atomic E-state index is 12.4. The van der Waals surface area contributed by atoms with Gasteiger partial charge in [0.05, 0.1) is 16.8 Å². The second-order valence-electron chi connectivity index (χ2n) is 7.66. The van der Waals surface area contributed by atoms with Crippen LogP contribution in [0.5, 0.6) is 0 Å². The van der Waals surface area contributed by atoms with Crippen LogP contribution in [0, 0.1) is 0 Å². The fourth-order valence-corrected chi connectivity index (χ4v) is 3.46. The highest BCUT2D eigenvalue weighted by molar-refractivity contribution is 5.90. The predicted molar refractivity (Wildman–Crippen MR) is 121 cm³/mol. The molecule has 8 heteroatoms. The number of aromatic nitrogens is 4. The molecule has 0 fully saturated rings. The molecule has 0 N–H and O–H groups in total. The Kier molecular flexibility index (Phi) is 5.93. The SMILES string of the molecule is CN(C)C(=O)CCC(=O)Cn1nc(-c2c(-c3ccccc3)nn3ccccc23)ccc1=O. The summed E-state index contributed by atoms with van der Waals surface area (Å²) in [6.45, 7) is -0.187. The molecule has 0 bridgehead atoms. The van der Waals surface area contributed by atoms with Gasteiger partial charge in [-0.2, -0.15) is 10.2 Å². The van der Waals surface area contributed by atoms with Crippen LogP contribution in [0.2, 0.25) is 0 Å². The summed E-state index contributed by atoms with van der Waals surface area (Å²) < 4.78 is 2.92. The maximum Gasteiger partial charge on any atom is 0.267 e. The van der Waals surface area contributed by atoms with Crippen LogP contribution in [0.15, 0.2) is 71.7 Å². The number of amides is 1. The lowest BCUT2D eigenvalue weighted by Crippen LogP contribution is -2.27. The Labute approximate surface area is 184 Å². The number of hydrogen-bond acceptors (Lipinski definition) is 5. The Morgan fingerprint density at radius 3 is 2.41 bits per heavy atom. The van der Waals surface area contributed by atoms with E-state index in [1.54, 1.807) is 24.7 Å². The standard InChI is InChI=1S/C24H23N5O3/c1-27(2)21(31)13-11-18(30)16-29-22(32)14-12-19(25-29)23-20-10-6-7-15-28(20)26-24(23)17-8-4-3-5-9-17/h3-10,12,14-15H,11,13,16H2,1-2H3. The van der Waals surface area contributed by atoms with Crippen molar-refractivity contribution in [1.82, 2.24) is 24.3 Å². The van der Waals surface area contributed by atoms with Gasteiger partial charge in [-0.1, -0.05) is 36.4 Å². The van der Waals surface area contributed by atoms with Crippen LogP contribution in [-0.2, 0) is 16.1 Å². The normalized spacial score (nSPS) is 10.9. The van der Waals surface area contributed by atoms with Gasteiger partial charge in [0.15, 0.2) is 5.78 Å². The number of rotatable bonds is 7. The summed E-state index contributed by atoms with van der Waals surface area (Å²) in [5.41, 5.74) is 3.44. The molecule has 1 amide bonds. The molecule has 0 radical (unpaired) electrons. The molecule has 3 heterocycles. The van der Waals surface area contributed by atoms with E-state index in [1.165, 1.54) is 11.0 Å². The first-order valence-electron chi connectivity index (χ1n) is 10.3. The minimum atomic E-state index is -0.376. The molecule has 4 rings (SSSR count). The monoisotopic (exact) mass is 429 g/mol. The van der Waals surface area contributed by atoms with E-state index in [4.69, 9.17) is 5.10 Å². The zero-order chi connectivity index (χ0) is 22.7. The Hall–Kier alpha value is -4.07. The number of carbonyl (C=O) groups is 2. The van der Waals surface area contributed by atoms with Gasteiger partial charge < -0.3 is 4.90 Å². The van der Waals surface area contributed by atoms with Crippen molar-refractivity contribution in [3.8, 4) is 22.5 Å². The third kappa shape index (κ3) is 4.34. The van der Waals surface area contributed by atoms with E-state index in [-0.39, 0.29) is 36.6 Å². The molecule has 0 spiro atoms. The topological polar surface area (TPSA) is 89.6 Å². The zero-order valence-electron chi connectivity index (χ0n) is 17.9. The smallest absolute Gasteiger partial charge is 0.267 e. The molecule has 0 saturated carbocycles. The lowest BCUT2D eigenvalue weighted by molar-refractivity contribution is -0.131. The van der Waals surface area contributed by atoms with Crippen LogP contribution >= 0.6 is 0 Å². The van der Waals surface area contributed by atoms with Gasteiger partial charge >= 0.3 is 0 Å². The van der Waals surface area contributed by atoms with Crippen molar-refractivity contribution in [3.05, 3.63) is 77.2 Å². The van der Waals surface area contributed by atoms with Gasteiger partial charge in [0.25, 0.3) is 5.56 Å². The molecular weight excluding hydrogens is 406 g/mol. The minimum Gasteiger partial charge on any atom is -0.349 e. The number of Topliss-reactive ketones (excluding diaryl/α,β-unsaturated/α-hetero) is 1. The first-order chi connectivity index (χ1) is 15.4. The van der Waals surface area contributed by atoms with E-state index in [0.29, 0.717) is 5.69 Å². The molecule has 0 atom stereocenters. The molecule has 32 heavy (non-hydrogen) atoms. The van der Waals surface area contributed by atoms with Gasteiger partial charge in [0.2, 0.25) is 5.91 Å². The number of nitrogens with zero attached hydrogens (tertiary/aromatic N) is 5. The zero-order valence-corrected chi connectivity index (χ0v) is 17.9. The summed E-state index contributed by atoms with van der Waals surface area (Å²) >= 11 is 0. The average molecular weight is 429 g/mol. The second-order valence-corrected chi connectivity index (χ2v) is 7.66. The predicted octanol–water partition coefficient (Wildman–Crippen LogP) is 2.66. The van der Waals surface area contributed by atoms with Crippen molar-refractivity contribution >= 4 is 17.2 Å². The van der Waals surface area contributed by atoms with E-state index < -0.39 is 0 Å². The number of ketones is 1. The van der Waals surface area contributed by atoms with Crippen LogP contribution < -0.4 is 5.56 Å². The van der Waals surface area contributed by atoms with Gasteiger partial charge in [0.1, 0.15) is 12.2 Å². The van der Waals surface area contributed by atoms with Crippen LogP contribution in [-0.4, -0.2) is 50.1 Å². The molecular formula is C24H23N5O3. The fraction of sp³-hybridized carbons (Fsp3) is 0.208. The van der Waals surface area contributed by atoms with Gasteiger partial charge in [-0.05, 0) is 18.2 Å². The third-order valence-corrected chi connectivity index (χ3v) is 5.15. The highest BCUT2D eigenvalue weighted by Crippen LogP contribution is 2.33. The Morgan fingerprint density at radius 1 is 0.906 bits per heavy atom. The Balaban J connectivity index is 1.72. The lowest BCUT2D eigenvalue weighted by Gasteiger charge is -2.10. The van der Waals surface area contributed by atoms with Gasteiger partial charge in [-0.15, -0.1) is 0 Å². The highest BCUT2D eigenvalue weighted by Gasteiger charge is 2.19. The first-order valence-corrected chi connectivity index (χ1v) is 10.3. The van der Waals surface area contributed by atoms with Gasteiger partial charge in [-0.25, -0.2) is 9.20 Å². The van der Waals surface area contributed by atoms with E-state index in [2.05, 4.69) is 5.10 Å². The summed E-state index contributed by atoms with van der Waals surface area (Å²) in [6.07, 6.45) is 2.01. The molecule has 0 aliphatic rings. The highest BCUT2D eigenvalue weighted by atomic mass is 16.2. The van der Waals surface area contributed by atoms with Crippen LogP contribution in [0.4, 0.5) is 0 Å². The largest absolute Gasteiger partial charge is 0.349 e. The lowest BCUT2D eigenvalue weighted by atomic mass is 10.0. The molecule has 0 aliphatic carbocycles. The molecule has 0 unspecified atom stereocenters. The number of pyridine rings is 1. The number of benzene rings is 1. The molecule has 4 aromatic rings. The molecule has 0 aliphatic heterocycles. The van der Waals surface area contributed by atoms with Gasteiger partial charge in [-0.3, -0.25) is 14.4 Å². The Bertz CT molecular complexity index is 1340. The van der Waals surface area contributed by atoms with Crippen LogP contribution in [0.3, 0.4) is 0 Å². The van der Waals surface area contributed by atoms with Crippen LogP contribution in [0.1, 0.15) is 12.8 Å². The third-order valence-electron chi connectivity index (χ3n) is 5.15. The maximum absolute atomic E-state index is 12.4. The summed E-state index contributed by atoms with van der Waals surface area (Å²) in [5.74, 6) is -0.360. The first kappa shape index (κ1) is 21.2. The average Bonchev–Trinajstić information content (AvgIpc) is 3.19. The molecule has 0 saturated heterocycles. The number of carbonyl (C=O) groups excluding carboxylic acids is 2. The number of fused-ring (bicyclic) bond motifs is 1. The number of hydrogen-bond donors (Lipinski definition) is 0. The summed E-state index contributed by atoms with van der Waals surface area (Å²) in [5, 5.41) is 9.21. The van der Waals surface area contributed by atoms with Crippen LogP contribution in [0.25, 0.3) is 28.0 Å². The van der Waals surface area contributed by atoms with Crippen molar-refractivity contribution in [2.24, 2.45) is 0 Å². The quantitative estimate of drug-likeness (QED) is 0.451. The minimum absolute atomic E-state index is 0.0569. The van der Waals surface area contributed by atoms with Crippen molar-refractivity contribution in [2.45, 2.75) is 19.4 Å². The van der Waals surface area contributed by atoms with E-state index >= 15 is 0 Å². The van der Waals surface area contributed by atoms with Crippen molar-refractivity contribution < 1.29 is 9.59 Å². The summed E-state index contributed by atoms with van der Waals surface area (Å²) in [4.78, 5) is 38.0. The second kappa shape index (κ2) is 8.97. The molecule has 162 valence electrons. The van der Waals surface area contributed by atoms with Gasteiger partial charge in [0, 0.05) is 44.8 Å². The van der Waals surface area contributed by atoms with Crippen molar-refractivity contribution in [1.29, 1.82) is 0 Å². The van der Waals surface area contributed by atoms with E-state index in [0.717, 1.165) is 27.0 Å². The van der Waals surface area contributed by atoms with E-state index in [1.807, 2.05) is 54.7 Å². The van der Waals surface area contributed by atoms with E-state index in [9.17, 15) is 14.4 Å². The molecule has 1 aromatic carbocycles. The molecule has 8 nitrogen and oxygen atoms in total. The Morgan fingerprint density at radius 2 is 1.66 bits per heavy atom. The summed E-state index contributed by atoms with van der Waals surface area (Å²) in [6, 6.07) is 18.5.